The Morgan fingerprint density at radius 1 is 0.857 bits per heavy atom. The molecule has 0 unspecified atom stereocenters. The summed E-state index contributed by atoms with van der Waals surface area (Å²) in [5.74, 6) is 0. The van der Waals surface area contributed by atoms with E-state index in [-0.39, 0.29) is 76.8 Å². The Hall–Kier alpha value is 2.62. The van der Waals surface area contributed by atoms with E-state index in [4.69, 9.17) is 19.2 Å². The van der Waals surface area contributed by atoms with Gasteiger partial charge in [0.25, 0.3) is 0 Å². The second-order valence-corrected chi connectivity index (χ2v) is 1.80. The fraction of sp³-hybridized carbons (Fsp3) is 0. The van der Waals surface area contributed by atoms with Gasteiger partial charge in [0.2, 0.25) is 0 Å². The molecule has 0 aromatic rings. The first-order valence-corrected chi connectivity index (χ1v) is 2.68. The zero-order valence-corrected chi connectivity index (χ0v) is 7.83. The summed E-state index contributed by atoms with van der Waals surface area (Å²) in [6, 6.07) is 0. The molecular formula is H4GdLuO4Si. The van der Waals surface area contributed by atoms with Crippen LogP contribution in [0.4, 0.5) is 0 Å². The van der Waals surface area contributed by atoms with Crippen LogP contribution in [0.2, 0.25) is 0 Å². The molecule has 0 aliphatic carbocycles. The molecule has 0 saturated heterocycles. The SMILES string of the molecule is O[Si](O)(O)O.[Gd].[Lu]. The molecule has 0 aliphatic heterocycles. The Labute approximate surface area is 103 Å². The molecule has 4 nitrogen and oxygen atoms in total. The van der Waals surface area contributed by atoms with Crippen LogP contribution in [-0.2, 0) is 0 Å². The molecule has 0 saturated carbocycles. The van der Waals surface area contributed by atoms with Crippen LogP contribution in [0.5, 0.6) is 0 Å². The largest absolute Gasteiger partial charge is 0.668 e. The van der Waals surface area contributed by atoms with E-state index in [0.29, 0.717) is 0 Å². The Morgan fingerprint density at radius 2 is 0.857 bits per heavy atom. The smallest absolute Gasteiger partial charge is 0.368 e. The van der Waals surface area contributed by atoms with Crippen LogP contribution in [0.3, 0.4) is 0 Å². The van der Waals surface area contributed by atoms with Crippen LogP contribution in [0.1, 0.15) is 0 Å². The quantitative estimate of drug-likeness (QED) is 0.319. The van der Waals surface area contributed by atoms with Gasteiger partial charge in [-0.1, -0.05) is 0 Å². The van der Waals surface area contributed by atoms with Crippen molar-refractivity contribution in [3.8, 4) is 0 Å². The molecule has 0 atom stereocenters. The molecule has 7 heteroatoms. The van der Waals surface area contributed by atoms with Gasteiger partial charge >= 0.3 is 9.05 Å². The third kappa shape index (κ3) is 55.1. The molecule has 0 aliphatic rings. The summed E-state index contributed by atoms with van der Waals surface area (Å²) in [6.07, 6.45) is 0. The van der Waals surface area contributed by atoms with Gasteiger partial charge in [-0.25, -0.2) is 0 Å². The Bertz CT molecular complexity index is 27.2. The van der Waals surface area contributed by atoms with Gasteiger partial charge in [0, 0.05) is 76.8 Å². The second kappa shape index (κ2) is 6.73. The van der Waals surface area contributed by atoms with Gasteiger partial charge in [0.15, 0.2) is 0 Å². The van der Waals surface area contributed by atoms with E-state index >= 15 is 0 Å². The molecule has 0 heterocycles. The van der Waals surface area contributed by atoms with Crippen LogP contribution in [-0.4, -0.2) is 28.2 Å². The third-order valence-corrected chi connectivity index (χ3v) is 0. The molecule has 0 fully saturated rings. The molecular weight excluding hydrogens is 424 g/mol. The predicted octanol–water partition coefficient (Wildman–Crippen LogP) is -2.61. The van der Waals surface area contributed by atoms with Crippen molar-refractivity contribution in [1.82, 2.24) is 0 Å². The van der Waals surface area contributed by atoms with Crippen molar-refractivity contribution < 1.29 is 96.0 Å². The normalized spacial score (nSPS) is 8.57. The van der Waals surface area contributed by atoms with Crippen molar-refractivity contribution in [3.63, 3.8) is 0 Å². The molecule has 1 radical (unpaired) electrons. The van der Waals surface area contributed by atoms with Crippen molar-refractivity contribution in [2.75, 3.05) is 0 Å². The van der Waals surface area contributed by atoms with E-state index < -0.39 is 9.05 Å². The minimum atomic E-state index is -4.61. The Balaban J connectivity index is -0.0000000800. The van der Waals surface area contributed by atoms with Crippen molar-refractivity contribution in [2.24, 2.45) is 0 Å². The Kier molecular flexibility index (Phi) is 15.7. The molecule has 7 heavy (non-hydrogen) atoms. The maximum Gasteiger partial charge on any atom is 0.668 e. The molecule has 0 aromatic carbocycles. The van der Waals surface area contributed by atoms with E-state index in [1.807, 2.05) is 0 Å². The molecule has 0 spiro atoms. The van der Waals surface area contributed by atoms with Gasteiger partial charge in [-0.15, -0.1) is 0 Å². The van der Waals surface area contributed by atoms with Crippen LogP contribution >= 0.6 is 0 Å². The van der Waals surface area contributed by atoms with E-state index in [1.165, 1.54) is 0 Å². The number of hydrogen-bond acceptors (Lipinski definition) is 4. The zero-order chi connectivity index (χ0) is 4.50. The minimum absolute atomic E-state index is 0. The van der Waals surface area contributed by atoms with Crippen LogP contribution in [0.25, 0.3) is 0 Å². The van der Waals surface area contributed by atoms with Crippen molar-refractivity contribution >= 4 is 9.05 Å². The summed E-state index contributed by atoms with van der Waals surface area (Å²) >= 11 is 0. The fourth-order valence-corrected chi connectivity index (χ4v) is 0. The summed E-state index contributed by atoms with van der Waals surface area (Å²) in [5, 5.41) is 0. The monoisotopic (exact) mass is 429 g/mol. The zero-order valence-electron chi connectivity index (χ0n) is 2.90. The van der Waals surface area contributed by atoms with Gasteiger partial charge in [-0.2, -0.15) is 0 Å². The number of hydrogen-bond donors (Lipinski definition) is 4. The van der Waals surface area contributed by atoms with E-state index in [0.717, 1.165) is 0 Å². The van der Waals surface area contributed by atoms with Gasteiger partial charge in [0.1, 0.15) is 0 Å². The third-order valence-electron chi connectivity index (χ3n) is 0. The van der Waals surface area contributed by atoms with Gasteiger partial charge in [-0.3, -0.25) is 0 Å². The van der Waals surface area contributed by atoms with Crippen molar-refractivity contribution in [2.45, 2.75) is 0 Å². The van der Waals surface area contributed by atoms with Gasteiger partial charge < -0.3 is 19.2 Å². The first-order valence-electron chi connectivity index (χ1n) is 0.894. The Morgan fingerprint density at radius 3 is 0.857 bits per heavy atom. The topological polar surface area (TPSA) is 80.9 Å². The standard InChI is InChI=1S/Gd.Lu.H4O4Si/c;;1-5(2,3)4/h;;1-4H. The van der Waals surface area contributed by atoms with Gasteiger partial charge in [-0.05, 0) is 0 Å². The minimum Gasteiger partial charge on any atom is -0.368 e. The molecule has 0 amide bonds. The average molecular weight is 428 g/mol. The van der Waals surface area contributed by atoms with E-state index in [9.17, 15) is 0 Å². The first-order chi connectivity index (χ1) is 2.00. The molecule has 0 bridgehead atoms. The fourth-order valence-electron chi connectivity index (χ4n) is 0. The summed E-state index contributed by atoms with van der Waals surface area (Å²) in [7, 11) is -4.61. The van der Waals surface area contributed by atoms with Crippen LogP contribution < -0.4 is 0 Å². The second-order valence-electron chi connectivity index (χ2n) is 0.600. The summed E-state index contributed by atoms with van der Waals surface area (Å²) in [4.78, 5) is 29.3. The summed E-state index contributed by atoms with van der Waals surface area (Å²) in [6.45, 7) is 0. The van der Waals surface area contributed by atoms with E-state index in [2.05, 4.69) is 0 Å². The predicted molar refractivity (Wildman–Crippen MR) is 14.6 cm³/mol. The first kappa shape index (κ1) is 16.3. The molecule has 55 valence electrons. The molecule has 4 N–H and O–H groups in total. The van der Waals surface area contributed by atoms with Gasteiger partial charge in [0.05, 0.1) is 0 Å². The van der Waals surface area contributed by atoms with Crippen molar-refractivity contribution in [3.05, 3.63) is 0 Å². The average Bonchev–Trinajstić information content (AvgIpc) is 0.722. The summed E-state index contributed by atoms with van der Waals surface area (Å²) < 4.78 is 0. The summed E-state index contributed by atoms with van der Waals surface area (Å²) in [5.41, 5.74) is 0. The molecule has 0 rings (SSSR count). The maximum atomic E-state index is 7.33. The molecule has 0 aromatic heterocycles. The van der Waals surface area contributed by atoms with Crippen molar-refractivity contribution in [1.29, 1.82) is 0 Å². The number of rotatable bonds is 0. The van der Waals surface area contributed by atoms with Crippen LogP contribution in [0, 0.1) is 76.8 Å². The van der Waals surface area contributed by atoms with E-state index in [1.54, 1.807) is 0 Å². The van der Waals surface area contributed by atoms with Crippen LogP contribution in [0.15, 0.2) is 0 Å². The maximum absolute atomic E-state index is 7.33.